The number of aromatic nitrogens is 8. The van der Waals surface area contributed by atoms with Gasteiger partial charge in [-0.2, -0.15) is 0 Å². The van der Waals surface area contributed by atoms with Crippen LogP contribution < -0.4 is 9.80 Å². The predicted octanol–water partition coefficient (Wildman–Crippen LogP) is 1.43. The van der Waals surface area contributed by atoms with Crippen molar-refractivity contribution in [1.29, 1.82) is 0 Å². The van der Waals surface area contributed by atoms with Crippen molar-refractivity contribution in [2.45, 2.75) is 19.4 Å². The Kier molecular flexibility index (Phi) is 7.23. The number of fused-ring (bicyclic) bond motifs is 1. The van der Waals surface area contributed by atoms with Gasteiger partial charge in [0.15, 0.2) is 11.5 Å². The molecule has 5 heterocycles. The van der Waals surface area contributed by atoms with Crippen molar-refractivity contribution in [3.05, 3.63) is 54.4 Å². The van der Waals surface area contributed by atoms with Gasteiger partial charge in [0, 0.05) is 77.9 Å². The Hall–Kier alpha value is -3.77. The third kappa shape index (κ3) is 5.39. The molecule has 1 fully saturated rings. The number of ether oxygens (including phenoxy) is 1. The zero-order chi connectivity index (χ0) is 24.9. The molecule has 5 rings (SSSR count). The van der Waals surface area contributed by atoms with Gasteiger partial charge in [0.05, 0.1) is 18.6 Å². The molecular formula is C24H31N11O. The van der Waals surface area contributed by atoms with E-state index in [-0.39, 0.29) is 5.92 Å². The van der Waals surface area contributed by atoms with Crippen LogP contribution in [0.2, 0.25) is 0 Å². The minimum absolute atomic E-state index is 0.00918. The molecule has 1 unspecified atom stereocenters. The number of aryl methyl sites for hydroxylation is 1. The van der Waals surface area contributed by atoms with Gasteiger partial charge in [0.2, 0.25) is 5.95 Å². The smallest absolute Gasteiger partial charge is 0.225 e. The third-order valence-electron chi connectivity index (χ3n) is 6.30. The van der Waals surface area contributed by atoms with Crippen LogP contribution in [-0.4, -0.2) is 98.3 Å². The highest BCUT2D eigenvalue weighted by molar-refractivity contribution is 5.83. The first-order chi connectivity index (χ1) is 17.6. The first-order valence-electron chi connectivity index (χ1n) is 12.0. The number of anilines is 2. The van der Waals surface area contributed by atoms with Gasteiger partial charge in [0.25, 0.3) is 0 Å². The largest absolute Gasteiger partial charge is 0.383 e. The van der Waals surface area contributed by atoms with Gasteiger partial charge < -0.3 is 19.5 Å². The maximum absolute atomic E-state index is 5.28. The molecule has 12 heteroatoms. The summed E-state index contributed by atoms with van der Waals surface area (Å²) >= 11 is 0. The van der Waals surface area contributed by atoms with Crippen LogP contribution in [0.25, 0.3) is 11.2 Å². The molecule has 4 aromatic rings. The molecule has 36 heavy (non-hydrogen) atoms. The fraction of sp³-hybridized carbons (Fsp3) is 0.458. The lowest BCUT2D eigenvalue weighted by molar-refractivity contribution is 0.206. The SMILES string of the molecule is COCCN(C)c1nc(C2CN(Cc3ccnc(C)n3)CCN(c3ncccn3)C2)nc2nc[nH]c12. The molecule has 0 spiro atoms. The lowest BCUT2D eigenvalue weighted by atomic mass is 10.1. The molecule has 0 aliphatic carbocycles. The number of H-pyrrole nitrogens is 1. The standard InChI is InChI=1S/C24H31N11O/c1-17-25-8-5-19(30-17)15-34-9-10-35(24-26-6-4-7-27-24)14-18(13-34)21-31-22-20(28-16-29-22)23(32-21)33(2)11-12-36-3/h4-8,16,18H,9-15H2,1-3H3,(H,28,29,31,32). The second kappa shape index (κ2) is 10.9. The van der Waals surface area contributed by atoms with Crippen molar-refractivity contribution in [2.24, 2.45) is 0 Å². The van der Waals surface area contributed by atoms with Crippen molar-refractivity contribution in [1.82, 2.24) is 44.8 Å². The number of hydrogen-bond acceptors (Lipinski definition) is 11. The van der Waals surface area contributed by atoms with Gasteiger partial charge in [-0.3, -0.25) is 4.90 Å². The topological polar surface area (TPSA) is 125 Å². The lowest BCUT2D eigenvalue weighted by Crippen LogP contribution is -2.31. The molecule has 1 N–H and O–H groups in total. The molecule has 0 aromatic carbocycles. The summed E-state index contributed by atoms with van der Waals surface area (Å²) in [7, 11) is 3.71. The van der Waals surface area contributed by atoms with Gasteiger partial charge >= 0.3 is 0 Å². The summed E-state index contributed by atoms with van der Waals surface area (Å²) in [5.41, 5.74) is 2.47. The number of hydrogen-bond donors (Lipinski definition) is 1. The molecule has 0 bridgehead atoms. The van der Waals surface area contributed by atoms with E-state index >= 15 is 0 Å². The van der Waals surface area contributed by atoms with Crippen molar-refractivity contribution < 1.29 is 4.74 Å². The Balaban J connectivity index is 1.49. The highest BCUT2D eigenvalue weighted by Crippen LogP contribution is 2.27. The van der Waals surface area contributed by atoms with Crippen LogP contribution in [0, 0.1) is 6.92 Å². The predicted molar refractivity (Wildman–Crippen MR) is 136 cm³/mol. The van der Waals surface area contributed by atoms with Gasteiger partial charge in [-0.1, -0.05) is 0 Å². The fourth-order valence-electron chi connectivity index (χ4n) is 4.47. The second-order valence-electron chi connectivity index (χ2n) is 8.94. The van der Waals surface area contributed by atoms with Gasteiger partial charge in [0.1, 0.15) is 17.2 Å². The van der Waals surface area contributed by atoms with E-state index in [1.807, 2.05) is 32.3 Å². The van der Waals surface area contributed by atoms with Crippen LogP contribution in [0.15, 0.2) is 37.1 Å². The minimum Gasteiger partial charge on any atom is -0.383 e. The number of aromatic amines is 1. The molecule has 0 radical (unpaired) electrons. The normalized spacial score (nSPS) is 16.9. The zero-order valence-corrected chi connectivity index (χ0v) is 20.9. The summed E-state index contributed by atoms with van der Waals surface area (Å²) in [4.78, 5) is 42.1. The van der Waals surface area contributed by atoms with Crippen LogP contribution in [0.1, 0.15) is 23.3 Å². The van der Waals surface area contributed by atoms with Gasteiger partial charge in [-0.05, 0) is 19.1 Å². The number of methoxy groups -OCH3 is 1. The van der Waals surface area contributed by atoms with Crippen molar-refractivity contribution >= 4 is 22.9 Å². The Morgan fingerprint density at radius 1 is 1.06 bits per heavy atom. The van der Waals surface area contributed by atoms with E-state index in [0.29, 0.717) is 37.8 Å². The maximum atomic E-state index is 5.28. The summed E-state index contributed by atoms with van der Waals surface area (Å²) in [6.45, 7) is 7.02. The van der Waals surface area contributed by atoms with Crippen LogP contribution in [-0.2, 0) is 11.3 Å². The summed E-state index contributed by atoms with van der Waals surface area (Å²) in [6, 6.07) is 3.80. The van der Waals surface area contributed by atoms with Crippen LogP contribution in [0.3, 0.4) is 0 Å². The molecule has 0 saturated carbocycles. The molecule has 188 valence electrons. The molecule has 1 aliphatic heterocycles. The number of nitrogens with one attached hydrogen (secondary N) is 1. The first kappa shape index (κ1) is 23.9. The third-order valence-corrected chi connectivity index (χ3v) is 6.30. The number of rotatable bonds is 8. The average molecular weight is 490 g/mol. The average Bonchev–Trinajstić information content (AvgIpc) is 3.27. The van der Waals surface area contributed by atoms with Gasteiger partial charge in [-0.15, -0.1) is 0 Å². The van der Waals surface area contributed by atoms with E-state index in [1.54, 1.807) is 25.8 Å². The fourth-order valence-corrected chi connectivity index (χ4v) is 4.47. The van der Waals surface area contributed by atoms with Crippen molar-refractivity contribution in [3.63, 3.8) is 0 Å². The number of likely N-dealkylation sites (N-methyl/N-ethyl adjacent to an activating group) is 1. The van der Waals surface area contributed by atoms with E-state index in [1.165, 1.54) is 0 Å². The van der Waals surface area contributed by atoms with E-state index in [4.69, 9.17) is 14.7 Å². The van der Waals surface area contributed by atoms with Crippen LogP contribution in [0.5, 0.6) is 0 Å². The quantitative estimate of drug-likeness (QED) is 0.386. The van der Waals surface area contributed by atoms with Gasteiger partial charge in [-0.25, -0.2) is 34.9 Å². The maximum Gasteiger partial charge on any atom is 0.225 e. The summed E-state index contributed by atoms with van der Waals surface area (Å²) in [5, 5.41) is 0. The molecule has 1 atom stereocenters. The molecule has 1 aliphatic rings. The Bertz CT molecular complexity index is 1280. The Morgan fingerprint density at radius 3 is 2.72 bits per heavy atom. The Morgan fingerprint density at radius 2 is 1.92 bits per heavy atom. The van der Waals surface area contributed by atoms with Crippen molar-refractivity contribution in [3.8, 4) is 0 Å². The van der Waals surface area contributed by atoms with Crippen molar-refractivity contribution in [2.75, 3.05) is 63.3 Å². The highest BCUT2D eigenvalue weighted by Gasteiger charge is 2.29. The Labute approximate surface area is 209 Å². The summed E-state index contributed by atoms with van der Waals surface area (Å²) in [6.07, 6.45) is 7.03. The minimum atomic E-state index is 0.00918. The van der Waals surface area contributed by atoms with Crippen LogP contribution >= 0.6 is 0 Å². The number of imidazole rings is 1. The van der Waals surface area contributed by atoms with Crippen LogP contribution in [0.4, 0.5) is 11.8 Å². The molecular weight excluding hydrogens is 458 g/mol. The first-order valence-corrected chi connectivity index (χ1v) is 12.0. The number of nitrogens with zero attached hydrogens (tertiary/aromatic N) is 10. The lowest BCUT2D eigenvalue weighted by Gasteiger charge is -2.25. The molecule has 4 aromatic heterocycles. The summed E-state index contributed by atoms with van der Waals surface area (Å²) < 4.78 is 5.28. The van der Waals surface area contributed by atoms with E-state index in [2.05, 4.69) is 44.6 Å². The zero-order valence-electron chi connectivity index (χ0n) is 20.9. The second-order valence-corrected chi connectivity index (χ2v) is 8.94. The van der Waals surface area contributed by atoms with E-state index < -0.39 is 0 Å². The molecule has 0 amide bonds. The van der Waals surface area contributed by atoms with E-state index in [0.717, 1.165) is 48.3 Å². The van der Waals surface area contributed by atoms with E-state index in [9.17, 15) is 0 Å². The molecule has 12 nitrogen and oxygen atoms in total. The summed E-state index contributed by atoms with van der Waals surface area (Å²) in [5.74, 6) is 3.06. The molecule has 1 saturated heterocycles. The monoisotopic (exact) mass is 489 g/mol. The highest BCUT2D eigenvalue weighted by atomic mass is 16.5.